The van der Waals surface area contributed by atoms with Crippen molar-refractivity contribution in [2.75, 3.05) is 0 Å². The number of nitrogens with zero attached hydrogens (tertiary/aromatic N) is 1. The van der Waals surface area contributed by atoms with Gasteiger partial charge in [-0.25, -0.2) is 0 Å². The van der Waals surface area contributed by atoms with Crippen LogP contribution in [0.5, 0.6) is 0 Å². The molecule has 1 heterocycles. The van der Waals surface area contributed by atoms with Gasteiger partial charge in [-0.1, -0.05) is 34.1 Å². The van der Waals surface area contributed by atoms with E-state index in [0.717, 1.165) is 14.5 Å². The number of carbonyl (C=O) groups is 1. The van der Waals surface area contributed by atoms with Gasteiger partial charge in [-0.15, -0.1) is 0 Å². The molecular weight excluding hydrogens is 346 g/mol. The second-order valence-electron chi connectivity index (χ2n) is 3.58. The van der Waals surface area contributed by atoms with Crippen molar-refractivity contribution < 1.29 is 4.79 Å². The Labute approximate surface area is 116 Å². The van der Waals surface area contributed by atoms with E-state index in [1.54, 1.807) is 18.5 Å². The van der Waals surface area contributed by atoms with Gasteiger partial charge in [-0.05, 0) is 33.6 Å². The van der Waals surface area contributed by atoms with Gasteiger partial charge < -0.3 is 0 Å². The zero-order valence-electron chi connectivity index (χ0n) is 8.86. The Morgan fingerprint density at radius 1 is 1.18 bits per heavy atom. The molecule has 0 aliphatic heterocycles. The number of ketones is 1. The van der Waals surface area contributed by atoms with Crippen molar-refractivity contribution in [1.29, 1.82) is 0 Å². The Bertz CT molecular complexity index is 555. The fourth-order valence-electron chi connectivity index (χ4n) is 1.48. The maximum absolute atomic E-state index is 12.0. The molecule has 0 fully saturated rings. The molecule has 0 aliphatic carbocycles. The fourth-order valence-corrected chi connectivity index (χ4v) is 2.27. The molecular formula is C13H9Br2NO. The fraction of sp³-hybridized carbons (Fsp3) is 0.0769. The van der Waals surface area contributed by atoms with E-state index in [-0.39, 0.29) is 5.78 Å². The number of Topliss-reactive ketones (excluding diaryl/α,β-unsaturated/α-hetero) is 1. The average molecular weight is 355 g/mol. The minimum Gasteiger partial charge on any atom is -0.294 e. The standard InChI is InChI=1S/C13H9Br2NO/c14-11-5-10(7-16-8-11)13(17)6-9-3-1-2-4-12(9)15/h1-5,7-8H,6H2. The van der Waals surface area contributed by atoms with Crippen molar-refractivity contribution in [1.82, 2.24) is 4.98 Å². The quantitative estimate of drug-likeness (QED) is 0.779. The van der Waals surface area contributed by atoms with Gasteiger partial charge in [-0.2, -0.15) is 0 Å². The number of carbonyl (C=O) groups excluding carboxylic acids is 1. The molecule has 0 amide bonds. The molecule has 0 saturated carbocycles. The number of hydrogen-bond acceptors (Lipinski definition) is 2. The van der Waals surface area contributed by atoms with Crippen molar-refractivity contribution in [3.63, 3.8) is 0 Å². The first kappa shape index (κ1) is 12.5. The van der Waals surface area contributed by atoms with Gasteiger partial charge in [0.1, 0.15) is 0 Å². The summed E-state index contributed by atoms with van der Waals surface area (Å²) in [6.07, 6.45) is 3.62. The number of benzene rings is 1. The molecule has 1 aromatic carbocycles. The van der Waals surface area contributed by atoms with Crippen LogP contribution in [0.3, 0.4) is 0 Å². The Hall–Kier alpha value is -1.00. The molecule has 86 valence electrons. The molecule has 1 aromatic heterocycles. The van der Waals surface area contributed by atoms with E-state index in [2.05, 4.69) is 36.8 Å². The van der Waals surface area contributed by atoms with Crippen LogP contribution in [-0.4, -0.2) is 10.8 Å². The highest BCUT2D eigenvalue weighted by Crippen LogP contribution is 2.18. The predicted octanol–water partition coefficient (Wildman–Crippen LogP) is 4.03. The highest BCUT2D eigenvalue weighted by Gasteiger charge is 2.09. The van der Waals surface area contributed by atoms with E-state index in [1.807, 2.05) is 24.3 Å². The van der Waals surface area contributed by atoms with Gasteiger partial charge in [0.25, 0.3) is 0 Å². The van der Waals surface area contributed by atoms with Crippen molar-refractivity contribution in [2.24, 2.45) is 0 Å². The molecule has 0 radical (unpaired) electrons. The number of hydrogen-bond donors (Lipinski definition) is 0. The normalized spacial score (nSPS) is 10.2. The van der Waals surface area contributed by atoms with Crippen LogP contribution in [-0.2, 0) is 6.42 Å². The van der Waals surface area contributed by atoms with E-state index in [0.29, 0.717) is 12.0 Å². The van der Waals surface area contributed by atoms with Crippen molar-refractivity contribution in [2.45, 2.75) is 6.42 Å². The molecule has 2 rings (SSSR count). The monoisotopic (exact) mass is 353 g/mol. The summed E-state index contributed by atoms with van der Waals surface area (Å²) >= 11 is 6.74. The van der Waals surface area contributed by atoms with Gasteiger partial charge >= 0.3 is 0 Å². The largest absolute Gasteiger partial charge is 0.294 e. The SMILES string of the molecule is O=C(Cc1ccccc1Br)c1cncc(Br)c1. The van der Waals surface area contributed by atoms with Crippen LogP contribution < -0.4 is 0 Å². The summed E-state index contributed by atoms with van der Waals surface area (Å²) in [6, 6.07) is 9.51. The second-order valence-corrected chi connectivity index (χ2v) is 5.35. The van der Waals surface area contributed by atoms with Crippen LogP contribution in [0.4, 0.5) is 0 Å². The van der Waals surface area contributed by atoms with Crippen molar-refractivity contribution in [3.8, 4) is 0 Å². The molecule has 0 spiro atoms. The topological polar surface area (TPSA) is 30.0 Å². The summed E-state index contributed by atoms with van der Waals surface area (Å²) < 4.78 is 1.77. The minimum atomic E-state index is 0.0608. The van der Waals surface area contributed by atoms with Gasteiger partial charge in [-0.3, -0.25) is 9.78 Å². The van der Waals surface area contributed by atoms with Crippen LogP contribution >= 0.6 is 31.9 Å². The zero-order valence-corrected chi connectivity index (χ0v) is 12.0. The lowest BCUT2D eigenvalue weighted by molar-refractivity contribution is 0.0992. The molecule has 2 aromatic rings. The van der Waals surface area contributed by atoms with Crippen LogP contribution in [0.25, 0.3) is 0 Å². The van der Waals surface area contributed by atoms with Crippen LogP contribution in [0.2, 0.25) is 0 Å². The summed E-state index contributed by atoms with van der Waals surface area (Å²) in [5, 5.41) is 0. The van der Waals surface area contributed by atoms with E-state index in [1.165, 1.54) is 0 Å². The highest BCUT2D eigenvalue weighted by atomic mass is 79.9. The van der Waals surface area contributed by atoms with Gasteiger partial charge in [0.2, 0.25) is 0 Å². The molecule has 4 heteroatoms. The van der Waals surface area contributed by atoms with E-state index in [9.17, 15) is 4.79 Å². The third-order valence-corrected chi connectivity index (χ3v) is 3.54. The lowest BCUT2D eigenvalue weighted by Crippen LogP contribution is -2.04. The number of aromatic nitrogens is 1. The molecule has 17 heavy (non-hydrogen) atoms. The zero-order chi connectivity index (χ0) is 12.3. The lowest BCUT2D eigenvalue weighted by Gasteiger charge is -2.03. The molecule has 0 saturated heterocycles. The summed E-state index contributed by atoms with van der Waals surface area (Å²) in [5.74, 6) is 0.0608. The number of rotatable bonds is 3. The maximum Gasteiger partial charge on any atom is 0.168 e. The molecule has 0 unspecified atom stereocenters. The van der Waals surface area contributed by atoms with E-state index in [4.69, 9.17) is 0 Å². The van der Waals surface area contributed by atoms with Gasteiger partial charge in [0, 0.05) is 33.3 Å². The summed E-state index contributed by atoms with van der Waals surface area (Å²) in [7, 11) is 0. The minimum absolute atomic E-state index is 0.0608. The highest BCUT2D eigenvalue weighted by molar-refractivity contribution is 9.10. The number of pyridine rings is 1. The predicted molar refractivity (Wildman–Crippen MR) is 74.1 cm³/mol. The Kier molecular flexibility index (Phi) is 4.07. The molecule has 0 atom stereocenters. The first-order chi connectivity index (χ1) is 8.16. The Balaban J connectivity index is 2.20. The van der Waals surface area contributed by atoms with Crippen LogP contribution in [0.1, 0.15) is 15.9 Å². The van der Waals surface area contributed by atoms with E-state index >= 15 is 0 Å². The number of halogens is 2. The first-order valence-electron chi connectivity index (χ1n) is 5.04. The molecule has 0 N–H and O–H groups in total. The van der Waals surface area contributed by atoms with Gasteiger partial charge in [0.15, 0.2) is 5.78 Å². The van der Waals surface area contributed by atoms with Gasteiger partial charge in [0.05, 0.1) is 0 Å². The molecule has 0 aliphatic rings. The molecule has 0 bridgehead atoms. The van der Waals surface area contributed by atoms with Crippen molar-refractivity contribution >= 4 is 37.6 Å². The molecule has 2 nitrogen and oxygen atoms in total. The Morgan fingerprint density at radius 3 is 2.65 bits per heavy atom. The average Bonchev–Trinajstić information content (AvgIpc) is 2.32. The summed E-state index contributed by atoms with van der Waals surface area (Å²) in [4.78, 5) is 16.0. The van der Waals surface area contributed by atoms with Crippen LogP contribution in [0.15, 0.2) is 51.7 Å². The Morgan fingerprint density at radius 2 is 1.94 bits per heavy atom. The van der Waals surface area contributed by atoms with Crippen LogP contribution in [0, 0.1) is 0 Å². The summed E-state index contributed by atoms with van der Waals surface area (Å²) in [5.41, 5.74) is 1.60. The summed E-state index contributed by atoms with van der Waals surface area (Å²) in [6.45, 7) is 0. The van der Waals surface area contributed by atoms with Crippen molar-refractivity contribution in [3.05, 3.63) is 62.8 Å². The lowest BCUT2D eigenvalue weighted by atomic mass is 10.0. The second kappa shape index (κ2) is 5.56. The first-order valence-corrected chi connectivity index (χ1v) is 6.62. The third kappa shape index (κ3) is 3.23. The maximum atomic E-state index is 12.0. The van der Waals surface area contributed by atoms with E-state index < -0.39 is 0 Å². The third-order valence-electron chi connectivity index (χ3n) is 2.34. The smallest absolute Gasteiger partial charge is 0.168 e.